The Hall–Kier alpha value is -1.59. The molecule has 0 atom stereocenters. The van der Waals surface area contributed by atoms with E-state index < -0.39 is 5.97 Å². The minimum atomic E-state index is -0.776. The monoisotopic (exact) mass is 313 g/mol. The first-order valence-corrected chi connectivity index (χ1v) is 6.89. The Kier molecular flexibility index (Phi) is 4.98. The number of halogens is 2. The zero-order valence-electron chi connectivity index (χ0n) is 10.6. The van der Waals surface area contributed by atoms with Crippen molar-refractivity contribution in [2.45, 2.75) is 25.7 Å². The number of hydrogen-bond acceptors (Lipinski definition) is 3. The number of nitrogens with zero attached hydrogens (tertiary/aromatic N) is 3. The summed E-state index contributed by atoms with van der Waals surface area (Å²) >= 11 is 11.9. The third-order valence-electron chi connectivity index (χ3n) is 2.73. The van der Waals surface area contributed by atoms with Gasteiger partial charge in [-0.2, -0.15) is 0 Å². The number of rotatable bonds is 6. The summed E-state index contributed by atoms with van der Waals surface area (Å²) in [6.07, 6.45) is 4.06. The van der Waals surface area contributed by atoms with Crippen LogP contribution in [0.5, 0.6) is 0 Å². The van der Waals surface area contributed by atoms with Crippen LogP contribution in [0.2, 0.25) is 10.0 Å². The van der Waals surface area contributed by atoms with Crippen LogP contribution in [-0.2, 0) is 11.2 Å². The van der Waals surface area contributed by atoms with Crippen molar-refractivity contribution >= 4 is 29.2 Å². The third-order valence-corrected chi connectivity index (χ3v) is 3.16. The van der Waals surface area contributed by atoms with Gasteiger partial charge < -0.3 is 5.11 Å². The number of unbranched alkanes of at least 4 members (excludes halogenated alkanes) is 1. The van der Waals surface area contributed by atoms with Crippen LogP contribution in [0.15, 0.2) is 24.4 Å². The molecule has 106 valence electrons. The molecule has 2 rings (SSSR count). The minimum Gasteiger partial charge on any atom is -0.481 e. The van der Waals surface area contributed by atoms with Crippen molar-refractivity contribution in [1.29, 1.82) is 0 Å². The topological polar surface area (TPSA) is 68.0 Å². The van der Waals surface area contributed by atoms with Gasteiger partial charge in [0.05, 0.1) is 17.6 Å². The molecule has 0 saturated carbocycles. The molecule has 0 aliphatic rings. The molecule has 0 unspecified atom stereocenters. The van der Waals surface area contributed by atoms with Crippen molar-refractivity contribution in [3.63, 3.8) is 0 Å². The second kappa shape index (κ2) is 6.72. The molecule has 0 fully saturated rings. The molecular weight excluding hydrogens is 301 g/mol. The van der Waals surface area contributed by atoms with Gasteiger partial charge in [0.1, 0.15) is 0 Å². The SMILES string of the molecule is O=C(O)CCCCc1cn(-c2cc(Cl)cc(Cl)c2)nn1. The van der Waals surface area contributed by atoms with Crippen molar-refractivity contribution in [2.75, 3.05) is 0 Å². The number of aryl methyl sites for hydroxylation is 1. The maximum absolute atomic E-state index is 10.4. The Morgan fingerprint density at radius 1 is 1.20 bits per heavy atom. The molecule has 0 amide bonds. The summed E-state index contributed by atoms with van der Waals surface area (Å²) in [6.45, 7) is 0. The fraction of sp³-hybridized carbons (Fsp3) is 0.308. The molecule has 5 nitrogen and oxygen atoms in total. The van der Waals surface area contributed by atoms with Crippen molar-refractivity contribution < 1.29 is 9.90 Å². The maximum atomic E-state index is 10.4. The van der Waals surface area contributed by atoms with Gasteiger partial charge in [-0.25, -0.2) is 4.68 Å². The van der Waals surface area contributed by atoms with Gasteiger partial charge in [0.2, 0.25) is 0 Å². The Morgan fingerprint density at radius 2 is 1.90 bits per heavy atom. The highest BCUT2D eigenvalue weighted by Crippen LogP contribution is 2.21. The Bertz CT molecular complexity index is 593. The van der Waals surface area contributed by atoms with Gasteiger partial charge in [0, 0.05) is 16.5 Å². The second-order valence-electron chi connectivity index (χ2n) is 4.38. The van der Waals surface area contributed by atoms with Gasteiger partial charge in [-0.1, -0.05) is 28.4 Å². The van der Waals surface area contributed by atoms with Gasteiger partial charge in [-0.15, -0.1) is 5.10 Å². The second-order valence-corrected chi connectivity index (χ2v) is 5.26. The first kappa shape index (κ1) is 14.8. The molecule has 0 radical (unpaired) electrons. The molecule has 0 spiro atoms. The van der Waals surface area contributed by atoms with Crippen LogP contribution in [0.25, 0.3) is 5.69 Å². The summed E-state index contributed by atoms with van der Waals surface area (Å²) in [5, 5.41) is 17.7. The lowest BCUT2D eigenvalue weighted by Gasteiger charge is -2.01. The molecule has 20 heavy (non-hydrogen) atoms. The first-order chi connectivity index (χ1) is 9.54. The summed E-state index contributed by atoms with van der Waals surface area (Å²) < 4.78 is 1.60. The van der Waals surface area contributed by atoms with E-state index in [1.54, 1.807) is 29.1 Å². The van der Waals surface area contributed by atoms with E-state index in [2.05, 4.69) is 10.3 Å². The van der Waals surface area contributed by atoms with Crippen molar-refractivity contribution in [2.24, 2.45) is 0 Å². The van der Waals surface area contributed by atoms with E-state index in [1.807, 2.05) is 0 Å². The number of carboxylic acid groups (broad SMARTS) is 1. The summed E-state index contributed by atoms with van der Waals surface area (Å²) in [5.74, 6) is -0.776. The van der Waals surface area contributed by atoms with E-state index in [0.717, 1.165) is 17.8 Å². The zero-order chi connectivity index (χ0) is 14.5. The molecule has 0 saturated heterocycles. The predicted octanol–water partition coefficient (Wildman–Crippen LogP) is 3.37. The van der Waals surface area contributed by atoms with Crippen LogP contribution in [0, 0.1) is 0 Å². The lowest BCUT2D eigenvalue weighted by atomic mass is 10.1. The normalized spacial score (nSPS) is 10.7. The molecule has 1 heterocycles. The molecule has 0 aliphatic carbocycles. The first-order valence-electron chi connectivity index (χ1n) is 6.14. The largest absolute Gasteiger partial charge is 0.481 e. The van der Waals surface area contributed by atoms with E-state index in [1.165, 1.54) is 0 Å². The number of aliphatic carboxylic acids is 1. The molecule has 2 aromatic rings. The van der Waals surface area contributed by atoms with Gasteiger partial charge in [0.15, 0.2) is 0 Å². The summed E-state index contributed by atoms with van der Waals surface area (Å²) in [7, 11) is 0. The summed E-state index contributed by atoms with van der Waals surface area (Å²) in [4.78, 5) is 10.4. The maximum Gasteiger partial charge on any atom is 0.303 e. The lowest BCUT2D eigenvalue weighted by Crippen LogP contribution is -1.95. The molecule has 1 aromatic heterocycles. The molecular formula is C13H13Cl2N3O2. The van der Waals surface area contributed by atoms with Gasteiger partial charge >= 0.3 is 5.97 Å². The lowest BCUT2D eigenvalue weighted by molar-refractivity contribution is -0.137. The van der Waals surface area contributed by atoms with E-state index in [4.69, 9.17) is 28.3 Å². The van der Waals surface area contributed by atoms with E-state index in [9.17, 15) is 4.79 Å². The van der Waals surface area contributed by atoms with Crippen LogP contribution in [0.1, 0.15) is 25.0 Å². The van der Waals surface area contributed by atoms with Crippen molar-refractivity contribution in [3.05, 3.63) is 40.1 Å². The standard InChI is InChI=1S/C13H13Cl2N3O2/c14-9-5-10(15)7-12(6-9)18-8-11(16-17-18)3-1-2-4-13(19)20/h5-8H,1-4H2,(H,19,20). The van der Waals surface area contributed by atoms with Crippen molar-refractivity contribution in [1.82, 2.24) is 15.0 Å². The van der Waals surface area contributed by atoms with E-state index >= 15 is 0 Å². The van der Waals surface area contributed by atoms with Crippen LogP contribution >= 0.6 is 23.2 Å². The number of carboxylic acids is 1. The Labute approximate surface area is 126 Å². The highest BCUT2D eigenvalue weighted by atomic mass is 35.5. The van der Waals surface area contributed by atoms with Gasteiger partial charge in [0.25, 0.3) is 0 Å². The number of carbonyl (C=O) groups is 1. The average molecular weight is 314 g/mol. The van der Waals surface area contributed by atoms with Crippen LogP contribution in [0.3, 0.4) is 0 Å². The fourth-order valence-electron chi connectivity index (χ4n) is 1.79. The zero-order valence-corrected chi connectivity index (χ0v) is 12.1. The number of benzene rings is 1. The highest BCUT2D eigenvalue weighted by molar-refractivity contribution is 6.34. The third kappa shape index (κ3) is 4.21. The van der Waals surface area contributed by atoms with E-state index in [-0.39, 0.29) is 6.42 Å². The van der Waals surface area contributed by atoms with Crippen molar-refractivity contribution in [3.8, 4) is 5.69 Å². The molecule has 0 bridgehead atoms. The van der Waals surface area contributed by atoms with Crippen LogP contribution in [0.4, 0.5) is 0 Å². The Balaban J connectivity index is 1.99. The Morgan fingerprint density at radius 3 is 2.55 bits per heavy atom. The minimum absolute atomic E-state index is 0.179. The van der Waals surface area contributed by atoms with E-state index in [0.29, 0.717) is 22.9 Å². The fourth-order valence-corrected chi connectivity index (χ4v) is 2.31. The average Bonchev–Trinajstić information content (AvgIpc) is 2.82. The number of aromatic nitrogens is 3. The smallest absolute Gasteiger partial charge is 0.303 e. The van der Waals surface area contributed by atoms with Gasteiger partial charge in [-0.3, -0.25) is 4.79 Å². The van der Waals surface area contributed by atoms with Crippen LogP contribution < -0.4 is 0 Å². The molecule has 7 heteroatoms. The van der Waals surface area contributed by atoms with Gasteiger partial charge in [-0.05, 0) is 37.5 Å². The predicted molar refractivity (Wildman–Crippen MR) is 76.6 cm³/mol. The summed E-state index contributed by atoms with van der Waals surface area (Å²) in [5.41, 5.74) is 1.55. The molecule has 1 aromatic carbocycles. The number of hydrogen-bond donors (Lipinski definition) is 1. The highest BCUT2D eigenvalue weighted by Gasteiger charge is 2.05. The molecule has 1 N–H and O–H groups in total. The molecule has 0 aliphatic heterocycles. The van der Waals surface area contributed by atoms with Crippen LogP contribution in [-0.4, -0.2) is 26.1 Å². The summed E-state index contributed by atoms with van der Waals surface area (Å²) in [6, 6.07) is 5.14. The quantitative estimate of drug-likeness (QED) is 0.830.